The Labute approximate surface area is 142 Å². The van der Waals surface area contributed by atoms with Gasteiger partial charge in [0.05, 0.1) is 13.2 Å². The number of thiophene rings is 1. The molecule has 1 N–H and O–H groups in total. The number of carbonyl (C=O) groups is 1. The number of amides is 1. The van der Waals surface area contributed by atoms with Gasteiger partial charge in [-0.1, -0.05) is 0 Å². The Kier molecular flexibility index (Phi) is 4.90. The van der Waals surface area contributed by atoms with Crippen LogP contribution in [0.15, 0.2) is 53.5 Å². The van der Waals surface area contributed by atoms with Crippen molar-refractivity contribution >= 4 is 17.2 Å². The average molecular weight is 345 g/mol. The van der Waals surface area contributed by atoms with E-state index in [1.54, 1.807) is 22.2 Å². The first-order valence-electron chi connectivity index (χ1n) is 7.32. The summed E-state index contributed by atoms with van der Waals surface area (Å²) in [5.41, 5.74) is 1.31. The normalized spacial score (nSPS) is 11.9. The molecule has 0 unspecified atom stereocenters. The SMILES string of the molecule is COc1ccc(C(=O)NC[C@H](c2ccsc2)n2cccn2)cc1F. The lowest BCUT2D eigenvalue weighted by Gasteiger charge is -2.17. The third-order valence-electron chi connectivity index (χ3n) is 3.64. The van der Waals surface area contributed by atoms with Crippen LogP contribution < -0.4 is 10.1 Å². The zero-order valence-electron chi connectivity index (χ0n) is 13.0. The van der Waals surface area contributed by atoms with Crippen LogP contribution in [-0.4, -0.2) is 29.3 Å². The zero-order valence-corrected chi connectivity index (χ0v) is 13.8. The Morgan fingerprint density at radius 3 is 2.96 bits per heavy atom. The zero-order chi connectivity index (χ0) is 16.9. The van der Waals surface area contributed by atoms with Crippen molar-refractivity contribution in [1.29, 1.82) is 0 Å². The van der Waals surface area contributed by atoms with Gasteiger partial charge in [0, 0.05) is 24.5 Å². The summed E-state index contributed by atoms with van der Waals surface area (Å²) in [6.45, 7) is 0.352. The van der Waals surface area contributed by atoms with Gasteiger partial charge in [-0.25, -0.2) is 4.39 Å². The van der Waals surface area contributed by atoms with Gasteiger partial charge in [0.15, 0.2) is 11.6 Å². The molecule has 0 aliphatic carbocycles. The summed E-state index contributed by atoms with van der Waals surface area (Å²) < 4.78 is 20.4. The maximum Gasteiger partial charge on any atom is 0.251 e. The van der Waals surface area contributed by atoms with E-state index in [0.717, 1.165) is 5.56 Å². The first-order valence-corrected chi connectivity index (χ1v) is 8.26. The van der Waals surface area contributed by atoms with Crippen LogP contribution in [0.3, 0.4) is 0 Å². The molecule has 3 rings (SSSR count). The van der Waals surface area contributed by atoms with Gasteiger partial charge in [-0.3, -0.25) is 9.48 Å². The highest BCUT2D eigenvalue weighted by molar-refractivity contribution is 7.07. The van der Waals surface area contributed by atoms with Crippen LogP contribution in [0.1, 0.15) is 22.0 Å². The lowest BCUT2D eigenvalue weighted by molar-refractivity contribution is 0.0948. The van der Waals surface area contributed by atoms with E-state index < -0.39 is 5.82 Å². The Morgan fingerprint density at radius 1 is 1.46 bits per heavy atom. The maximum absolute atomic E-state index is 13.7. The molecular formula is C17H16FN3O2S. The van der Waals surface area contributed by atoms with E-state index in [1.807, 2.05) is 29.1 Å². The molecule has 1 atom stereocenters. The third kappa shape index (κ3) is 3.46. The van der Waals surface area contributed by atoms with Crippen molar-refractivity contribution in [3.05, 3.63) is 70.4 Å². The average Bonchev–Trinajstić information content (AvgIpc) is 3.29. The summed E-state index contributed by atoms with van der Waals surface area (Å²) in [5.74, 6) is -0.796. The molecule has 3 aromatic rings. The minimum Gasteiger partial charge on any atom is -0.494 e. The summed E-state index contributed by atoms with van der Waals surface area (Å²) in [4.78, 5) is 12.3. The van der Waals surface area contributed by atoms with Gasteiger partial charge in [-0.15, -0.1) is 0 Å². The highest BCUT2D eigenvalue weighted by atomic mass is 32.1. The number of rotatable bonds is 6. The highest BCUT2D eigenvalue weighted by Gasteiger charge is 2.17. The van der Waals surface area contributed by atoms with Crippen LogP contribution in [0.5, 0.6) is 5.75 Å². The Bertz CT molecular complexity index is 769. The molecule has 0 fully saturated rings. The van der Waals surface area contributed by atoms with E-state index in [0.29, 0.717) is 6.54 Å². The molecule has 2 heterocycles. The van der Waals surface area contributed by atoms with Crippen molar-refractivity contribution < 1.29 is 13.9 Å². The van der Waals surface area contributed by atoms with Crippen molar-refractivity contribution in [2.45, 2.75) is 6.04 Å². The van der Waals surface area contributed by atoms with Crippen LogP contribution in [0.4, 0.5) is 4.39 Å². The van der Waals surface area contributed by atoms with Crippen molar-refractivity contribution in [3.8, 4) is 5.75 Å². The van der Waals surface area contributed by atoms with Crippen LogP contribution in [-0.2, 0) is 0 Å². The first-order chi connectivity index (χ1) is 11.7. The summed E-state index contributed by atoms with van der Waals surface area (Å²) in [7, 11) is 1.38. The van der Waals surface area contributed by atoms with Crippen LogP contribution >= 0.6 is 11.3 Å². The smallest absolute Gasteiger partial charge is 0.251 e. The second-order valence-electron chi connectivity index (χ2n) is 5.12. The Morgan fingerprint density at radius 2 is 2.33 bits per heavy atom. The van der Waals surface area contributed by atoms with Crippen LogP contribution in [0, 0.1) is 5.82 Å². The molecule has 0 spiro atoms. The number of hydrogen-bond acceptors (Lipinski definition) is 4. The second-order valence-corrected chi connectivity index (χ2v) is 5.90. The molecular weight excluding hydrogens is 329 g/mol. The van der Waals surface area contributed by atoms with Gasteiger partial charge in [-0.2, -0.15) is 16.4 Å². The topological polar surface area (TPSA) is 56.1 Å². The number of benzene rings is 1. The molecule has 5 nitrogen and oxygen atoms in total. The van der Waals surface area contributed by atoms with Crippen molar-refractivity contribution in [2.24, 2.45) is 0 Å². The molecule has 2 aromatic heterocycles. The van der Waals surface area contributed by atoms with Crippen molar-refractivity contribution in [2.75, 3.05) is 13.7 Å². The van der Waals surface area contributed by atoms with E-state index in [4.69, 9.17) is 4.74 Å². The number of ether oxygens (including phenoxy) is 1. The number of hydrogen-bond donors (Lipinski definition) is 1. The van der Waals surface area contributed by atoms with Gasteiger partial charge in [0.2, 0.25) is 0 Å². The summed E-state index contributed by atoms with van der Waals surface area (Å²) in [5, 5.41) is 11.1. The molecule has 0 bridgehead atoms. The fraction of sp³-hybridized carbons (Fsp3) is 0.176. The molecule has 0 saturated heterocycles. The standard InChI is InChI=1S/C17H16FN3O2S/c1-23-16-4-3-12(9-14(16)18)17(22)19-10-15(13-5-8-24-11-13)21-7-2-6-20-21/h2-9,11,15H,10H2,1H3,(H,19,22)/t15-/m1/s1. The summed E-state index contributed by atoms with van der Waals surface area (Å²) in [6.07, 6.45) is 3.54. The fourth-order valence-electron chi connectivity index (χ4n) is 2.39. The minimum absolute atomic E-state index is 0.110. The van der Waals surface area contributed by atoms with E-state index >= 15 is 0 Å². The van der Waals surface area contributed by atoms with E-state index in [9.17, 15) is 9.18 Å². The lowest BCUT2D eigenvalue weighted by Crippen LogP contribution is -2.31. The second kappa shape index (κ2) is 7.27. The van der Waals surface area contributed by atoms with Crippen molar-refractivity contribution in [3.63, 3.8) is 0 Å². The molecule has 0 aliphatic heterocycles. The third-order valence-corrected chi connectivity index (χ3v) is 4.34. The first kappa shape index (κ1) is 16.2. The molecule has 124 valence electrons. The number of nitrogens with zero attached hydrogens (tertiary/aromatic N) is 2. The molecule has 24 heavy (non-hydrogen) atoms. The Hall–Kier alpha value is -2.67. The monoisotopic (exact) mass is 345 g/mol. The lowest BCUT2D eigenvalue weighted by atomic mass is 10.1. The predicted octanol–water partition coefficient (Wildman–Crippen LogP) is 3.11. The number of nitrogens with one attached hydrogen (secondary N) is 1. The van der Waals surface area contributed by atoms with Gasteiger partial charge < -0.3 is 10.1 Å². The molecule has 0 radical (unpaired) electrons. The molecule has 0 aliphatic rings. The van der Waals surface area contributed by atoms with Gasteiger partial charge in [0.1, 0.15) is 0 Å². The maximum atomic E-state index is 13.7. The number of carbonyl (C=O) groups excluding carboxylic acids is 1. The van der Waals surface area contributed by atoms with Gasteiger partial charge in [-0.05, 0) is 46.7 Å². The minimum atomic E-state index is -0.563. The summed E-state index contributed by atoms with van der Waals surface area (Å²) in [6, 6.07) is 7.86. The van der Waals surface area contributed by atoms with Gasteiger partial charge >= 0.3 is 0 Å². The van der Waals surface area contributed by atoms with Crippen molar-refractivity contribution in [1.82, 2.24) is 15.1 Å². The molecule has 1 amide bonds. The molecule has 7 heteroatoms. The van der Waals surface area contributed by atoms with Crippen LogP contribution in [0.25, 0.3) is 0 Å². The van der Waals surface area contributed by atoms with E-state index in [2.05, 4.69) is 10.4 Å². The molecule has 1 aromatic carbocycles. The quantitative estimate of drug-likeness (QED) is 0.747. The summed E-state index contributed by atoms with van der Waals surface area (Å²) >= 11 is 1.58. The number of methoxy groups -OCH3 is 1. The van der Waals surface area contributed by atoms with E-state index in [1.165, 1.54) is 25.3 Å². The molecule has 0 saturated carbocycles. The fourth-order valence-corrected chi connectivity index (χ4v) is 3.10. The number of aromatic nitrogens is 2. The highest BCUT2D eigenvalue weighted by Crippen LogP contribution is 2.20. The van der Waals surface area contributed by atoms with E-state index in [-0.39, 0.29) is 23.3 Å². The largest absolute Gasteiger partial charge is 0.494 e. The van der Waals surface area contributed by atoms with Crippen LogP contribution in [0.2, 0.25) is 0 Å². The Balaban J connectivity index is 1.73. The predicted molar refractivity (Wildman–Crippen MR) is 90.0 cm³/mol. The van der Waals surface area contributed by atoms with Gasteiger partial charge in [0.25, 0.3) is 5.91 Å². The number of halogens is 1.